The van der Waals surface area contributed by atoms with Gasteiger partial charge in [-0.05, 0) is 36.8 Å². The van der Waals surface area contributed by atoms with Gasteiger partial charge in [-0.2, -0.15) is 0 Å². The van der Waals surface area contributed by atoms with E-state index in [0.717, 1.165) is 12.3 Å². The second kappa shape index (κ2) is 2.91. The molecule has 12 heavy (non-hydrogen) atoms. The average molecular weight is 161 g/mol. The molecule has 1 aliphatic rings. The number of benzene rings is 1. The summed E-state index contributed by atoms with van der Waals surface area (Å²) < 4.78 is 0. The van der Waals surface area contributed by atoms with E-state index in [1.54, 1.807) is 0 Å². The fourth-order valence-corrected chi connectivity index (χ4v) is 2.02. The van der Waals surface area contributed by atoms with E-state index in [-0.39, 0.29) is 0 Å². The fourth-order valence-electron chi connectivity index (χ4n) is 2.02. The molecule has 0 heterocycles. The second-order valence-corrected chi connectivity index (χ2v) is 3.81. The molecule has 0 aromatic heterocycles. The number of rotatable bonds is 2. The van der Waals surface area contributed by atoms with Gasteiger partial charge in [0.05, 0.1) is 0 Å². The Morgan fingerprint density at radius 1 is 1.50 bits per heavy atom. The Morgan fingerprint density at radius 2 is 2.25 bits per heavy atom. The molecule has 1 nitrogen and oxygen atoms in total. The molecule has 0 saturated heterocycles. The van der Waals surface area contributed by atoms with Crippen molar-refractivity contribution < 1.29 is 0 Å². The smallest absolute Gasteiger partial charge is 0.00164 e. The zero-order valence-electron chi connectivity index (χ0n) is 7.46. The molecule has 2 unspecified atom stereocenters. The molecule has 0 bridgehead atoms. The summed E-state index contributed by atoms with van der Waals surface area (Å²) in [5, 5.41) is 0. The highest BCUT2D eigenvalue weighted by molar-refractivity contribution is 5.39. The van der Waals surface area contributed by atoms with Crippen LogP contribution in [-0.2, 0) is 6.42 Å². The van der Waals surface area contributed by atoms with Gasteiger partial charge in [0.15, 0.2) is 0 Å². The van der Waals surface area contributed by atoms with Crippen LogP contribution in [0.15, 0.2) is 24.3 Å². The SMILES string of the molecule is CC(N)CC1Cc2ccccc21. The molecule has 1 aromatic rings. The first kappa shape index (κ1) is 7.81. The summed E-state index contributed by atoms with van der Waals surface area (Å²) in [6.07, 6.45) is 2.37. The Labute approximate surface area is 73.6 Å². The Bertz CT molecular complexity index is 278. The topological polar surface area (TPSA) is 26.0 Å². The lowest BCUT2D eigenvalue weighted by Gasteiger charge is -2.31. The molecule has 0 aliphatic heterocycles. The predicted octanol–water partition coefficient (Wildman–Crippen LogP) is 2.06. The van der Waals surface area contributed by atoms with Gasteiger partial charge in [0.2, 0.25) is 0 Å². The van der Waals surface area contributed by atoms with Crippen LogP contribution in [0.5, 0.6) is 0 Å². The third-order valence-electron chi connectivity index (χ3n) is 2.62. The molecule has 2 atom stereocenters. The number of nitrogens with two attached hydrogens (primary N) is 1. The first-order chi connectivity index (χ1) is 5.77. The van der Waals surface area contributed by atoms with E-state index < -0.39 is 0 Å². The summed E-state index contributed by atoms with van der Waals surface area (Å²) in [5.41, 5.74) is 8.80. The van der Waals surface area contributed by atoms with Crippen LogP contribution in [-0.4, -0.2) is 6.04 Å². The van der Waals surface area contributed by atoms with Gasteiger partial charge in [-0.1, -0.05) is 24.3 Å². The lowest BCUT2D eigenvalue weighted by molar-refractivity contribution is 0.507. The Hall–Kier alpha value is -0.820. The van der Waals surface area contributed by atoms with Crippen molar-refractivity contribution in [2.75, 3.05) is 0 Å². The first-order valence-corrected chi connectivity index (χ1v) is 4.61. The molecule has 64 valence electrons. The molecular formula is C11H15N. The summed E-state index contributed by atoms with van der Waals surface area (Å²) in [4.78, 5) is 0. The average Bonchev–Trinajstić information content (AvgIpc) is 2.00. The molecule has 0 saturated carbocycles. The maximum absolute atomic E-state index is 5.76. The fraction of sp³-hybridized carbons (Fsp3) is 0.455. The van der Waals surface area contributed by atoms with Gasteiger partial charge in [-0.25, -0.2) is 0 Å². The van der Waals surface area contributed by atoms with E-state index in [4.69, 9.17) is 5.73 Å². The standard InChI is InChI=1S/C11H15N/c1-8(12)6-10-7-9-4-2-3-5-11(9)10/h2-5,8,10H,6-7,12H2,1H3. The highest BCUT2D eigenvalue weighted by Gasteiger charge is 2.25. The number of fused-ring (bicyclic) bond motifs is 1. The molecule has 1 heteroatoms. The Kier molecular flexibility index (Phi) is 1.89. The summed E-state index contributed by atoms with van der Waals surface area (Å²) in [6.45, 7) is 2.08. The van der Waals surface area contributed by atoms with E-state index in [1.165, 1.54) is 17.5 Å². The van der Waals surface area contributed by atoms with E-state index in [2.05, 4.69) is 31.2 Å². The molecule has 0 spiro atoms. The maximum atomic E-state index is 5.76. The molecule has 2 N–H and O–H groups in total. The van der Waals surface area contributed by atoms with Crippen molar-refractivity contribution >= 4 is 0 Å². The number of hydrogen-bond donors (Lipinski definition) is 1. The molecule has 1 aromatic carbocycles. The minimum Gasteiger partial charge on any atom is -0.328 e. The predicted molar refractivity (Wildman–Crippen MR) is 51.2 cm³/mol. The molecule has 2 rings (SSSR count). The van der Waals surface area contributed by atoms with Crippen LogP contribution in [0.4, 0.5) is 0 Å². The van der Waals surface area contributed by atoms with Gasteiger partial charge in [-0.3, -0.25) is 0 Å². The molecule has 0 fully saturated rings. The van der Waals surface area contributed by atoms with Gasteiger partial charge in [0, 0.05) is 6.04 Å². The normalized spacial score (nSPS) is 22.7. The van der Waals surface area contributed by atoms with Crippen molar-refractivity contribution in [3.8, 4) is 0 Å². The molecule has 0 radical (unpaired) electrons. The van der Waals surface area contributed by atoms with E-state index in [9.17, 15) is 0 Å². The van der Waals surface area contributed by atoms with Gasteiger partial charge >= 0.3 is 0 Å². The lowest BCUT2D eigenvalue weighted by atomic mass is 9.75. The first-order valence-electron chi connectivity index (χ1n) is 4.61. The third kappa shape index (κ3) is 1.25. The summed E-state index contributed by atoms with van der Waals surface area (Å²) >= 11 is 0. The van der Waals surface area contributed by atoms with E-state index >= 15 is 0 Å². The van der Waals surface area contributed by atoms with Crippen molar-refractivity contribution in [3.63, 3.8) is 0 Å². The summed E-state index contributed by atoms with van der Waals surface area (Å²) in [6, 6.07) is 9.01. The van der Waals surface area contributed by atoms with Crippen LogP contribution < -0.4 is 5.73 Å². The van der Waals surface area contributed by atoms with Crippen molar-refractivity contribution in [2.45, 2.75) is 31.7 Å². The minimum atomic E-state index is 0.336. The van der Waals surface area contributed by atoms with Crippen LogP contribution in [0.2, 0.25) is 0 Å². The quantitative estimate of drug-likeness (QED) is 0.706. The monoisotopic (exact) mass is 161 g/mol. The highest BCUT2D eigenvalue weighted by Crippen LogP contribution is 2.37. The summed E-state index contributed by atoms with van der Waals surface area (Å²) in [7, 11) is 0. The Balaban J connectivity index is 2.10. The lowest BCUT2D eigenvalue weighted by Crippen LogP contribution is -2.25. The minimum absolute atomic E-state index is 0.336. The van der Waals surface area contributed by atoms with Crippen molar-refractivity contribution in [2.24, 2.45) is 5.73 Å². The van der Waals surface area contributed by atoms with Gasteiger partial charge in [0.1, 0.15) is 0 Å². The maximum Gasteiger partial charge on any atom is 0.00164 e. The Morgan fingerprint density at radius 3 is 2.92 bits per heavy atom. The number of hydrogen-bond acceptors (Lipinski definition) is 1. The van der Waals surface area contributed by atoms with Crippen LogP contribution in [0.25, 0.3) is 0 Å². The molecule has 0 amide bonds. The van der Waals surface area contributed by atoms with Crippen molar-refractivity contribution in [3.05, 3.63) is 35.4 Å². The van der Waals surface area contributed by atoms with Crippen molar-refractivity contribution in [1.29, 1.82) is 0 Å². The van der Waals surface area contributed by atoms with Gasteiger partial charge in [0.25, 0.3) is 0 Å². The molecular weight excluding hydrogens is 146 g/mol. The van der Waals surface area contributed by atoms with E-state index in [1.807, 2.05) is 0 Å². The zero-order valence-corrected chi connectivity index (χ0v) is 7.46. The largest absolute Gasteiger partial charge is 0.328 e. The van der Waals surface area contributed by atoms with Crippen LogP contribution in [0.1, 0.15) is 30.4 Å². The summed E-state index contributed by atoms with van der Waals surface area (Å²) in [5.74, 6) is 0.737. The highest BCUT2D eigenvalue weighted by atomic mass is 14.6. The van der Waals surface area contributed by atoms with Crippen LogP contribution in [0, 0.1) is 0 Å². The molecule has 1 aliphatic carbocycles. The zero-order chi connectivity index (χ0) is 8.55. The third-order valence-corrected chi connectivity index (χ3v) is 2.62. The van der Waals surface area contributed by atoms with Gasteiger partial charge in [-0.15, -0.1) is 0 Å². The second-order valence-electron chi connectivity index (χ2n) is 3.81. The van der Waals surface area contributed by atoms with E-state index in [0.29, 0.717) is 6.04 Å². The van der Waals surface area contributed by atoms with Crippen LogP contribution >= 0.6 is 0 Å². The van der Waals surface area contributed by atoms with Crippen LogP contribution in [0.3, 0.4) is 0 Å². The van der Waals surface area contributed by atoms with Crippen molar-refractivity contribution in [1.82, 2.24) is 0 Å². The van der Waals surface area contributed by atoms with Gasteiger partial charge < -0.3 is 5.73 Å².